The second-order valence-corrected chi connectivity index (χ2v) is 5.30. The molecule has 1 aromatic carbocycles. The van der Waals surface area contributed by atoms with Crippen LogP contribution in [0.25, 0.3) is 0 Å². The lowest BCUT2D eigenvalue weighted by Gasteiger charge is -2.16. The quantitative estimate of drug-likeness (QED) is 0.831. The Morgan fingerprint density at radius 3 is 2.57 bits per heavy atom. The number of hydrogen-bond acceptors (Lipinski definition) is 3. The molecule has 0 saturated heterocycles. The Morgan fingerprint density at radius 1 is 1.19 bits per heavy atom. The molecular weight excluding hydrogens is 311 g/mol. The van der Waals surface area contributed by atoms with Crippen molar-refractivity contribution >= 4 is 29.1 Å². The maximum atomic E-state index is 12.1. The lowest BCUT2D eigenvalue weighted by molar-refractivity contribution is 0.0911. The number of rotatable bonds is 5. The van der Waals surface area contributed by atoms with E-state index in [1.54, 1.807) is 0 Å². The van der Waals surface area contributed by atoms with Gasteiger partial charge in [0, 0.05) is 0 Å². The first-order chi connectivity index (χ1) is 10.1. The molecule has 0 saturated carbocycles. The lowest BCUT2D eigenvalue weighted by Crippen LogP contribution is -2.39. The summed E-state index contributed by atoms with van der Waals surface area (Å²) in [6.07, 6.45) is 0.515. The van der Waals surface area contributed by atoms with Crippen LogP contribution in [0.1, 0.15) is 16.1 Å². The van der Waals surface area contributed by atoms with Gasteiger partial charge in [-0.05, 0) is 24.1 Å². The van der Waals surface area contributed by atoms with Crippen molar-refractivity contribution in [3.63, 3.8) is 0 Å². The van der Waals surface area contributed by atoms with Gasteiger partial charge in [-0.1, -0.05) is 53.5 Å². The standard InChI is InChI=1S/C15H14Cl2N2O2/c16-12-6-7-13(17)19-14(12)15(21)18-11(9-20)8-10-4-2-1-3-5-10/h1-7,11,20H,8-9H2,(H,18,21)/t11-/m1/s1. The molecule has 0 unspecified atom stereocenters. The molecule has 0 aliphatic heterocycles. The molecule has 2 rings (SSSR count). The van der Waals surface area contributed by atoms with Gasteiger partial charge in [0.2, 0.25) is 0 Å². The molecule has 4 nitrogen and oxygen atoms in total. The molecule has 0 bridgehead atoms. The average Bonchev–Trinajstić information content (AvgIpc) is 2.50. The molecule has 1 amide bonds. The molecule has 1 heterocycles. The van der Waals surface area contributed by atoms with Crippen molar-refractivity contribution in [2.45, 2.75) is 12.5 Å². The Hall–Kier alpha value is -1.62. The van der Waals surface area contributed by atoms with Crippen molar-refractivity contribution in [2.24, 2.45) is 0 Å². The normalized spacial score (nSPS) is 12.0. The number of carbonyl (C=O) groups is 1. The molecule has 0 spiro atoms. The van der Waals surface area contributed by atoms with E-state index < -0.39 is 11.9 Å². The van der Waals surface area contributed by atoms with Crippen molar-refractivity contribution in [3.05, 3.63) is 63.9 Å². The highest BCUT2D eigenvalue weighted by atomic mass is 35.5. The van der Waals surface area contributed by atoms with E-state index >= 15 is 0 Å². The molecule has 0 aliphatic carbocycles. The lowest BCUT2D eigenvalue weighted by atomic mass is 10.1. The fraction of sp³-hybridized carbons (Fsp3) is 0.200. The highest BCUT2D eigenvalue weighted by Crippen LogP contribution is 2.17. The largest absolute Gasteiger partial charge is 0.394 e. The SMILES string of the molecule is O=C(N[C@@H](CO)Cc1ccccc1)c1nc(Cl)ccc1Cl. The number of aliphatic hydroxyl groups excluding tert-OH is 1. The summed E-state index contributed by atoms with van der Waals surface area (Å²) in [5.41, 5.74) is 1.07. The van der Waals surface area contributed by atoms with E-state index in [0.717, 1.165) is 5.56 Å². The van der Waals surface area contributed by atoms with Crippen molar-refractivity contribution in [1.82, 2.24) is 10.3 Å². The zero-order chi connectivity index (χ0) is 15.2. The highest BCUT2D eigenvalue weighted by Gasteiger charge is 2.17. The summed E-state index contributed by atoms with van der Waals surface area (Å²) >= 11 is 11.7. The van der Waals surface area contributed by atoms with Gasteiger partial charge < -0.3 is 10.4 Å². The van der Waals surface area contributed by atoms with Crippen LogP contribution in [-0.4, -0.2) is 28.6 Å². The molecule has 110 valence electrons. The first-order valence-electron chi connectivity index (χ1n) is 6.38. The summed E-state index contributed by atoms with van der Waals surface area (Å²) in [5, 5.41) is 12.5. The predicted molar refractivity (Wildman–Crippen MR) is 82.7 cm³/mol. The third-order valence-electron chi connectivity index (χ3n) is 2.91. The smallest absolute Gasteiger partial charge is 0.271 e. The summed E-state index contributed by atoms with van der Waals surface area (Å²) < 4.78 is 0. The molecule has 0 radical (unpaired) electrons. The van der Waals surface area contributed by atoms with Crippen molar-refractivity contribution in [2.75, 3.05) is 6.61 Å². The number of aromatic nitrogens is 1. The molecule has 1 atom stereocenters. The zero-order valence-electron chi connectivity index (χ0n) is 11.1. The topological polar surface area (TPSA) is 62.2 Å². The van der Waals surface area contributed by atoms with Crippen LogP contribution in [-0.2, 0) is 6.42 Å². The van der Waals surface area contributed by atoms with Crippen LogP contribution in [0.15, 0.2) is 42.5 Å². The van der Waals surface area contributed by atoms with Crippen molar-refractivity contribution in [3.8, 4) is 0 Å². The third-order valence-corrected chi connectivity index (χ3v) is 3.42. The van der Waals surface area contributed by atoms with E-state index in [1.165, 1.54) is 12.1 Å². The third kappa shape index (κ3) is 4.43. The van der Waals surface area contributed by atoms with Gasteiger partial charge >= 0.3 is 0 Å². The number of benzene rings is 1. The Balaban J connectivity index is 2.07. The molecule has 2 aromatic rings. The van der Waals surface area contributed by atoms with Gasteiger partial charge in [-0.15, -0.1) is 0 Å². The van der Waals surface area contributed by atoms with E-state index in [2.05, 4.69) is 10.3 Å². The van der Waals surface area contributed by atoms with E-state index in [9.17, 15) is 9.90 Å². The molecule has 2 N–H and O–H groups in total. The first-order valence-corrected chi connectivity index (χ1v) is 7.13. The van der Waals surface area contributed by atoms with Crippen LogP contribution in [0, 0.1) is 0 Å². The number of aliphatic hydroxyl groups is 1. The molecule has 0 fully saturated rings. The van der Waals surface area contributed by atoms with Crippen molar-refractivity contribution in [1.29, 1.82) is 0 Å². The minimum Gasteiger partial charge on any atom is -0.394 e. The summed E-state index contributed by atoms with van der Waals surface area (Å²) in [4.78, 5) is 16.1. The number of carbonyl (C=O) groups excluding carboxylic acids is 1. The van der Waals surface area contributed by atoms with E-state index in [1.807, 2.05) is 30.3 Å². The van der Waals surface area contributed by atoms with E-state index in [4.69, 9.17) is 23.2 Å². The summed E-state index contributed by atoms with van der Waals surface area (Å²) in [6.45, 7) is -0.182. The van der Waals surface area contributed by atoms with Gasteiger partial charge in [0.05, 0.1) is 17.7 Å². The fourth-order valence-electron chi connectivity index (χ4n) is 1.89. The maximum Gasteiger partial charge on any atom is 0.271 e. The van der Waals surface area contributed by atoms with Crippen LogP contribution in [0.3, 0.4) is 0 Å². The molecule has 6 heteroatoms. The van der Waals surface area contributed by atoms with Crippen LogP contribution in [0.4, 0.5) is 0 Å². The Morgan fingerprint density at radius 2 is 1.90 bits per heavy atom. The Kier molecular flexibility index (Phi) is 5.56. The van der Waals surface area contributed by atoms with Crippen molar-refractivity contribution < 1.29 is 9.90 Å². The molecule has 0 aliphatic rings. The number of amides is 1. The Labute approximate surface area is 132 Å². The first kappa shape index (κ1) is 15.8. The van der Waals surface area contributed by atoms with E-state index in [-0.39, 0.29) is 22.5 Å². The monoisotopic (exact) mass is 324 g/mol. The summed E-state index contributed by atoms with van der Waals surface area (Å²) in [7, 11) is 0. The van der Waals surface area contributed by atoms with Crippen LogP contribution in [0.5, 0.6) is 0 Å². The number of nitrogens with one attached hydrogen (secondary N) is 1. The van der Waals surface area contributed by atoms with Crippen LogP contribution in [0.2, 0.25) is 10.2 Å². The van der Waals surface area contributed by atoms with Gasteiger partial charge in [0.25, 0.3) is 5.91 Å². The fourth-order valence-corrected chi connectivity index (χ4v) is 2.23. The minimum atomic E-state index is -0.461. The van der Waals surface area contributed by atoms with Gasteiger partial charge in [0.15, 0.2) is 0 Å². The molecular formula is C15H14Cl2N2O2. The van der Waals surface area contributed by atoms with E-state index in [0.29, 0.717) is 6.42 Å². The highest BCUT2D eigenvalue weighted by molar-refractivity contribution is 6.34. The number of nitrogens with zero attached hydrogens (tertiary/aromatic N) is 1. The zero-order valence-corrected chi connectivity index (χ0v) is 12.6. The summed E-state index contributed by atoms with van der Waals surface area (Å²) in [5.74, 6) is -0.461. The average molecular weight is 325 g/mol. The maximum absolute atomic E-state index is 12.1. The van der Waals surface area contributed by atoms with Gasteiger partial charge in [-0.2, -0.15) is 0 Å². The number of hydrogen-bond donors (Lipinski definition) is 2. The van der Waals surface area contributed by atoms with Crippen LogP contribution >= 0.6 is 23.2 Å². The molecule has 21 heavy (non-hydrogen) atoms. The second kappa shape index (κ2) is 7.41. The Bertz CT molecular complexity index is 620. The number of pyridine rings is 1. The van der Waals surface area contributed by atoms with Crippen LogP contribution < -0.4 is 5.32 Å². The van der Waals surface area contributed by atoms with Gasteiger partial charge in [-0.3, -0.25) is 4.79 Å². The van der Waals surface area contributed by atoms with Gasteiger partial charge in [0.1, 0.15) is 10.8 Å². The number of halogens is 2. The predicted octanol–water partition coefficient (Wildman–Crippen LogP) is 2.72. The minimum absolute atomic E-state index is 0.0516. The molecule has 1 aromatic heterocycles. The summed E-state index contributed by atoms with van der Waals surface area (Å²) in [6, 6.07) is 12.2. The second-order valence-electron chi connectivity index (χ2n) is 4.51. The van der Waals surface area contributed by atoms with Gasteiger partial charge in [-0.25, -0.2) is 4.98 Å².